The van der Waals surface area contributed by atoms with Gasteiger partial charge in [0.05, 0.1) is 43.8 Å². The maximum absolute atomic E-state index is 13.9. The maximum atomic E-state index is 13.9. The summed E-state index contributed by atoms with van der Waals surface area (Å²) in [5, 5.41) is 5.84. The van der Waals surface area contributed by atoms with E-state index in [-0.39, 0.29) is 30.9 Å². The average molecular weight is 501 g/mol. The van der Waals surface area contributed by atoms with Crippen LogP contribution in [0.1, 0.15) is 22.9 Å². The first-order valence-corrected chi connectivity index (χ1v) is 12.0. The first kappa shape index (κ1) is 24.2. The molecule has 0 spiro atoms. The number of furan rings is 1. The summed E-state index contributed by atoms with van der Waals surface area (Å²) in [5.41, 5.74) is 2.73. The molecule has 2 N–H and O–H groups in total. The molecule has 3 heterocycles. The van der Waals surface area contributed by atoms with Gasteiger partial charge in [0.25, 0.3) is 5.91 Å². The molecule has 9 heteroatoms. The third-order valence-electron chi connectivity index (χ3n) is 6.81. The molecule has 0 aliphatic carbocycles. The van der Waals surface area contributed by atoms with Crippen molar-refractivity contribution in [1.29, 1.82) is 0 Å². The summed E-state index contributed by atoms with van der Waals surface area (Å²) < 4.78 is 10.6. The van der Waals surface area contributed by atoms with Gasteiger partial charge in [0.2, 0.25) is 5.91 Å². The molecular formula is C28H28N4O5. The van der Waals surface area contributed by atoms with Crippen molar-refractivity contribution < 1.29 is 23.5 Å². The molecule has 5 rings (SSSR count). The summed E-state index contributed by atoms with van der Waals surface area (Å²) >= 11 is 0. The van der Waals surface area contributed by atoms with Crippen LogP contribution in [-0.2, 0) is 22.6 Å². The minimum atomic E-state index is -0.782. The highest BCUT2D eigenvalue weighted by Crippen LogP contribution is 2.37. The zero-order valence-corrected chi connectivity index (χ0v) is 20.6. The molecule has 2 aliphatic rings. The molecule has 2 aliphatic heterocycles. The van der Waals surface area contributed by atoms with Crippen LogP contribution in [0.3, 0.4) is 0 Å². The molecule has 1 aromatic heterocycles. The number of benzene rings is 2. The topological polar surface area (TPSA) is 104 Å². The van der Waals surface area contributed by atoms with Gasteiger partial charge in [-0.3, -0.25) is 14.5 Å². The number of ether oxygens (including phenoxy) is 1. The van der Waals surface area contributed by atoms with Crippen molar-refractivity contribution in [2.24, 2.45) is 0 Å². The van der Waals surface area contributed by atoms with Gasteiger partial charge in [-0.2, -0.15) is 0 Å². The number of hydrogen-bond acceptors (Lipinski definition) is 5. The Hall–Kier alpha value is -4.53. The van der Waals surface area contributed by atoms with Crippen LogP contribution in [0.25, 0.3) is 0 Å². The van der Waals surface area contributed by atoms with Gasteiger partial charge in [-0.25, -0.2) is 4.79 Å². The lowest BCUT2D eigenvalue weighted by Crippen LogP contribution is -2.49. The third-order valence-corrected chi connectivity index (χ3v) is 6.81. The number of amides is 4. The lowest BCUT2D eigenvalue weighted by Gasteiger charge is -2.31. The van der Waals surface area contributed by atoms with Crippen molar-refractivity contribution in [3.8, 4) is 5.75 Å². The number of nitrogens with zero attached hydrogens (tertiary/aromatic N) is 2. The number of methoxy groups -OCH3 is 1. The minimum absolute atomic E-state index is 0.149. The highest BCUT2D eigenvalue weighted by Gasteiger charge is 2.46. The van der Waals surface area contributed by atoms with Crippen molar-refractivity contribution in [3.05, 3.63) is 101 Å². The lowest BCUT2D eigenvalue weighted by molar-refractivity contribution is -0.136. The molecule has 190 valence electrons. The highest BCUT2D eigenvalue weighted by molar-refractivity contribution is 6.03. The van der Waals surface area contributed by atoms with Gasteiger partial charge in [-0.05, 0) is 35.4 Å². The fraction of sp³-hybridized carbons (Fsp3) is 0.250. The van der Waals surface area contributed by atoms with Gasteiger partial charge >= 0.3 is 6.03 Å². The van der Waals surface area contributed by atoms with E-state index in [9.17, 15) is 14.4 Å². The smallest absolute Gasteiger partial charge is 0.322 e. The summed E-state index contributed by atoms with van der Waals surface area (Å²) in [7, 11) is 3.21. The Kier molecular flexibility index (Phi) is 6.68. The number of nitrogens with one attached hydrogen (secondary N) is 2. The molecule has 0 radical (unpaired) electrons. The summed E-state index contributed by atoms with van der Waals surface area (Å²) in [6.45, 7) is 0.358. The highest BCUT2D eigenvalue weighted by atomic mass is 16.5. The first-order valence-electron chi connectivity index (χ1n) is 12.0. The number of hydrogen-bond donors (Lipinski definition) is 2. The van der Waals surface area contributed by atoms with Gasteiger partial charge in [-0.15, -0.1) is 0 Å². The van der Waals surface area contributed by atoms with E-state index in [0.29, 0.717) is 29.2 Å². The van der Waals surface area contributed by atoms with Crippen molar-refractivity contribution in [1.82, 2.24) is 20.4 Å². The summed E-state index contributed by atoms with van der Waals surface area (Å²) in [6.07, 6.45) is 1.87. The van der Waals surface area contributed by atoms with Crippen LogP contribution >= 0.6 is 0 Å². The number of carbonyl (C=O) groups is 3. The van der Waals surface area contributed by atoms with Crippen LogP contribution in [0, 0.1) is 0 Å². The lowest BCUT2D eigenvalue weighted by atomic mass is 9.95. The molecule has 2 atom stereocenters. The van der Waals surface area contributed by atoms with Crippen molar-refractivity contribution in [2.45, 2.75) is 25.0 Å². The van der Waals surface area contributed by atoms with E-state index >= 15 is 0 Å². The SMILES string of the molecule is COc1ccc([C@H]2NC(=O)N(C)C3=C2C(=O)N([C@@H](Cc2ccccc2)C(=O)NCc2ccco2)C3)cc1. The van der Waals surface area contributed by atoms with Gasteiger partial charge in [0, 0.05) is 13.5 Å². The zero-order valence-electron chi connectivity index (χ0n) is 20.6. The van der Waals surface area contributed by atoms with Crippen molar-refractivity contribution in [3.63, 3.8) is 0 Å². The van der Waals surface area contributed by atoms with E-state index in [2.05, 4.69) is 10.6 Å². The predicted octanol–water partition coefficient (Wildman–Crippen LogP) is 3.01. The standard InChI is InChI=1S/C28H28N4O5/c1-31-23-17-32(27(34)24(23)25(30-28(31)35)19-10-12-20(36-2)13-11-19)22(15-18-7-4-3-5-8-18)26(33)29-16-21-9-6-14-37-21/h3-14,22,25H,15-17H2,1-2H3,(H,29,33)(H,30,35)/t22-,25+/m0/s1. The Balaban J connectivity index is 1.45. The molecule has 0 unspecified atom stereocenters. The van der Waals surface area contributed by atoms with Gasteiger partial charge in [-0.1, -0.05) is 42.5 Å². The number of likely N-dealkylation sites (N-methyl/N-ethyl adjacent to an activating group) is 1. The van der Waals surface area contributed by atoms with Crippen LogP contribution < -0.4 is 15.4 Å². The number of urea groups is 1. The summed E-state index contributed by atoms with van der Waals surface area (Å²) in [5.74, 6) is 0.715. The van der Waals surface area contributed by atoms with E-state index < -0.39 is 12.1 Å². The average Bonchev–Trinajstić information content (AvgIpc) is 3.57. The predicted molar refractivity (Wildman–Crippen MR) is 135 cm³/mol. The second kappa shape index (κ2) is 10.2. The van der Waals surface area contributed by atoms with Crippen LogP contribution in [0.4, 0.5) is 4.79 Å². The molecule has 2 aromatic carbocycles. The Morgan fingerprint density at radius 1 is 1.11 bits per heavy atom. The van der Waals surface area contributed by atoms with Crippen molar-refractivity contribution in [2.75, 3.05) is 20.7 Å². The van der Waals surface area contributed by atoms with Crippen LogP contribution in [0.5, 0.6) is 5.75 Å². The molecule has 3 aromatic rings. The second-order valence-corrected chi connectivity index (χ2v) is 9.01. The van der Waals surface area contributed by atoms with Crippen LogP contribution in [0.2, 0.25) is 0 Å². The van der Waals surface area contributed by atoms with E-state index in [1.165, 1.54) is 4.90 Å². The quantitative estimate of drug-likeness (QED) is 0.495. The third kappa shape index (κ3) is 4.80. The largest absolute Gasteiger partial charge is 0.497 e. The fourth-order valence-electron chi connectivity index (χ4n) is 4.77. The zero-order chi connectivity index (χ0) is 25.9. The van der Waals surface area contributed by atoms with E-state index in [0.717, 1.165) is 11.1 Å². The monoisotopic (exact) mass is 500 g/mol. The Bertz CT molecular complexity index is 1320. The Labute approximate surface area is 214 Å². The van der Waals surface area contributed by atoms with E-state index in [1.54, 1.807) is 49.6 Å². The molecule has 37 heavy (non-hydrogen) atoms. The van der Waals surface area contributed by atoms with Gasteiger partial charge in [0.1, 0.15) is 17.6 Å². The van der Waals surface area contributed by atoms with Gasteiger partial charge in [0.15, 0.2) is 0 Å². The Morgan fingerprint density at radius 3 is 2.54 bits per heavy atom. The molecule has 4 amide bonds. The molecule has 9 nitrogen and oxygen atoms in total. The van der Waals surface area contributed by atoms with E-state index in [1.807, 2.05) is 42.5 Å². The molecule has 0 bridgehead atoms. The minimum Gasteiger partial charge on any atom is -0.497 e. The molecule has 0 saturated heterocycles. The van der Waals surface area contributed by atoms with Crippen LogP contribution in [0.15, 0.2) is 88.7 Å². The second-order valence-electron chi connectivity index (χ2n) is 9.01. The van der Waals surface area contributed by atoms with E-state index in [4.69, 9.17) is 9.15 Å². The van der Waals surface area contributed by atoms with Crippen molar-refractivity contribution >= 4 is 17.8 Å². The number of carbonyl (C=O) groups excluding carboxylic acids is 3. The summed E-state index contributed by atoms with van der Waals surface area (Å²) in [4.78, 5) is 43.2. The number of rotatable bonds is 8. The molecule has 0 saturated carbocycles. The maximum Gasteiger partial charge on any atom is 0.322 e. The normalized spacial score (nSPS) is 17.9. The first-order chi connectivity index (χ1) is 18.0. The fourth-order valence-corrected chi connectivity index (χ4v) is 4.77. The molecule has 0 fully saturated rings. The van der Waals surface area contributed by atoms with Crippen LogP contribution in [-0.4, -0.2) is 54.4 Å². The Morgan fingerprint density at radius 2 is 1.86 bits per heavy atom. The summed E-state index contributed by atoms with van der Waals surface area (Å²) in [6, 6.07) is 18.6. The molecular weight excluding hydrogens is 472 g/mol. The van der Waals surface area contributed by atoms with Gasteiger partial charge < -0.3 is 24.7 Å².